The van der Waals surface area contributed by atoms with Gasteiger partial charge in [0.1, 0.15) is 0 Å². The zero-order chi connectivity index (χ0) is 15.6. The zero-order valence-electron chi connectivity index (χ0n) is 12.3. The van der Waals surface area contributed by atoms with E-state index >= 15 is 0 Å². The van der Waals surface area contributed by atoms with Crippen molar-refractivity contribution >= 4 is 22.5 Å². The van der Waals surface area contributed by atoms with Crippen molar-refractivity contribution in [2.24, 2.45) is 0 Å². The molecule has 4 rings (SSSR count). The van der Waals surface area contributed by atoms with E-state index in [-0.39, 0.29) is 6.04 Å². The highest BCUT2D eigenvalue weighted by molar-refractivity contribution is 6.30. The predicted molar refractivity (Wildman–Crippen MR) is 92.7 cm³/mol. The van der Waals surface area contributed by atoms with Crippen molar-refractivity contribution in [2.45, 2.75) is 6.04 Å². The molecule has 0 fully saturated rings. The first-order valence-corrected chi connectivity index (χ1v) is 7.77. The summed E-state index contributed by atoms with van der Waals surface area (Å²) in [5, 5.41) is 1.88. The van der Waals surface area contributed by atoms with Gasteiger partial charge >= 0.3 is 0 Å². The second-order valence-corrected chi connectivity index (χ2v) is 5.82. The average Bonchev–Trinajstić information content (AvgIpc) is 3.11. The van der Waals surface area contributed by atoms with Gasteiger partial charge in [0.25, 0.3) is 0 Å². The predicted octanol–water partition coefficient (Wildman–Crippen LogP) is 4.72. The number of aromatic nitrogens is 3. The van der Waals surface area contributed by atoms with Crippen LogP contribution in [0, 0.1) is 0 Å². The van der Waals surface area contributed by atoms with Crippen LogP contribution in [0.4, 0.5) is 0 Å². The second kappa shape index (κ2) is 5.86. The standard InChI is InChI=1S/C19H14ClN3/c20-15-7-5-14(6-8-15)19(23-12-11-21-13-23)17-9-10-22-18-4-2-1-3-16(17)18/h1-13,19H. The van der Waals surface area contributed by atoms with Gasteiger partial charge in [0.15, 0.2) is 0 Å². The number of para-hydroxylation sites is 1. The van der Waals surface area contributed by atoms with Crippen LogP contribution in [0.15, 0.2) is 79.5 Å². The van der Waals surface area contributed by atoms with Crippen LogP contribution in [-0.4, -0.2) is 14.5 Å². The molecule has 0 radical (unpaired) electrons. The Bertz CT molecular complexity index is 925. The van der Waals surface area contributed by atoms with Gasteiger partial charge in [-0.25, -0.2) is 4.98 Å². The lowest BCUT2D eigenvalue weighted by Gasteiger charge is -2.21. The summed E-state index contributed by atoms with van der Waals surface area (Å²) in [4.78, 5) is 8.68. The third-order valence-corrected chi connectivity index (χ3v) is 4.24. The first-order chi connectivity index (χ1) is 11.3. The van der Waals surface area contributed by atoms with Crippen molar-refractivity contribution in [3.8, 4) is 0 Å². The van der Waals surface area contributed by atoms with E-state index in [0.717, 1.165) is 21.5 Å². The molecular formula is C19H14ClN3. The molecule has 0 aliphatic heterocycles. The first-order valence-electron chi connectivity index (χ1n) is 7.39. The lowest BCUT2D eigenvalue weighted by atomic mass is 9.95. The number of hydrogen-bond donors (Lipinski definition) is 0. The molecule has 2 aromatic carbocycles. The van der Waals surface area contributed by atoms with Crippen LogP contribution in [0.1, 0.15) is 17.2 Å². The Morgan fingerprint density at radius 3 is 2.52 bits per heavy atom. The molecule has 2 heterocycles. The van der Waals surface area contributed by atoms with Gasteiger partial charge in [-0.2, -0.15) is 0 Å². The summed E-state index contributed by atoms with van der Waals surface area (Å²) in [6.45, 7) is 0. The van der Waals surface area contributed by atoms with Crippen molar-refractivity contribution in [2.75, 3.05) is 0 Å². The van der Waals surface area contributed by atoms with E-state index in [1.54, 1.807) is 6.20 Å². The number of pyridine rings is 1. The Morgan fingerprint density at radius 2 is 1.74 bits per heavy atom. The third-order valence-electron chi connectivity index (χ3n) is 3.99. The monoisotopic (exact) mass is 319 g/mol. The molecule has 1 unspecified atom stereocenters. The van der Waals surface area contributed by atoms with Crippen molar-refractivity contribution in [1.82, 2.24) is 14.5 Å². The van der Waals surface area contributed by atoms with E-state index in [2.05, 4.69) is 38.8 Å². The molecule has 0 saturated heterocycles. The van der Waals surface area contributed by atoms with Crippen LogP contribution >= 0.6 is 11.6 Å². The molecule has 0 aliphatic carbocycles. The maximum atomic E-state index is 6.05. The molecule has 0 bridgehead atoms. The van der Waals surface area contributed by atoms with Crippen LogP contribution in [-0.2, 0) is 0 Å². The average molecular weight is 320 g/mol. The van der Waals surface area contributed by atoms with Crippen LogP contribution < -0.4 is 0 Å². The summed E-state index contributed by atoms with van der Waals surface area (Å²) in [6, 6.07) is 18.3. The second-order valence-electron chi connectivity index (χ2n) is 5.38. The highest BCUT2D eigenvalue weighted by Crippen LogP contribution is 2.31. The molecule has 0 spiro atoms. The Morgan fingerprint density at radius 1 is 0.913 bits per heavy atom. The number of nitrogens with zero attached hydrogens (tertiary/aromatic N) is 3. The molecule has 0 aliphatic rings. The van der Waals surface area contributed by atoms with E-state index in [1.807, 2.05) is 49.1 Å². The Hall–Kier alpha value is -2.65. The SMILES string of the molecule is Clc1ccc(C(c2ccnc3ccccc23)n2ccnc2)cc1. The Labute approximate surface area is 139 Å². The van der Waals surface area contributed by atoms with Crippen molar-refractivity contribution < 1.29 is 0 Å². The number of halogens is 1. The molecule has 0 N–H and O–H groups in total. The highest BCUT2D eigenvalue weighted by atomic mass is 35.5. The first kappa shape index (κ1) is 14.0. The molecule has 4 aromatic rings. The molecular weight excluding hydrogens is 306 g/mol. The molecule has 3 nitrogen and oxygen atoms in total. The van der Waals surface area contributed by atoms with Crippen LogP contribution in [0.5, 0.6) is 0 Å². The van der Waals surface area contributed by atoms with Crippen molar-refractivity contribution in [3.05, 3.63) is 95.7 Å². The molecule has 4 heteroatoms. The van der Waals surface area contributed by atoms with E-state index in [9.17, 15) is 0 Å². The molecule has 0 amide bonds. The van der Waals surface area contributed by atoms with Crippen LogP contribution in [0.3, 0.4) is 0 Å². The fourth-order valence-electron chi connectivity index (χ4n) is 2.94. The third kappa shape index (κ3) is 2.60. The quantitative estimate of drug-likeness (QED) is 0.547. The van der Waals surface area contributed by atoms with Crippen LogP contribution in [0.25, 0.3) is 10.9 Å². The number of fused-ring (bicyclic) bond motifs is 1. The van der Waals surface area contributed by atoms with Gasteiger partial charge in [0.05, 0.1) is 17.9 Å². The molecule has 2 aromatic heterocycles. The van der Waals surface area contributed by atoms with E-state index in [4.69, 9.17) is 11.6 Å². The van der Waals surface area contributed by atoms with Crippen LogP contribution in [0.2, 0.25) is 5.02 Å². The van der Waals surface area contributed by atoms with Gasteiger partial charge < -0.3 is 4.57 Å². The largest absolute Gasteiger partial charge is 0.326 e. The van der Waals surface area contributed by atoms with Gasteiger partial charge in [0.2, 0.25) is 0 Å². The lowest BCUT2D eigenvalue weighted by Crippen LogP contribution is -2.11. The van der Waals surface area contributed by atoms with E-state index < -0.39 is 0 Å². The fourth-order valence-corrected chi connectivity index (χ4v) is 3.06. The number of benzene rings is 2. The van der Waals surface area contributed by atoms with Crippen molar-refractivity contribution in [1.29, 1.82) is 0 Å². The summed E-state index contributed by atoms with van der Waals surface area (Å²) >= 11 is 6.05. The van der Waals surface area contributed by atoms with E-state index in [1.165, 1.54) is 5.56 Å². The molecule has 1 atom stereocenters. The summed E-state index contributed by atoms with van der Waals surface area (Å²) in [6.07, 6.45) is 7.48. The summed E-state index contributed by atoms with van der Waals surface area (Å²) < 4.78 is 2.10. The van der Waals surface area contributed by atoms with Gasteiger partial charge in [0, 0.05) is 29.0 Å². The van der Waals surface area contributed by atoms with Gasteiger partial charge in [-0.3, -0.25) is 4.98 Å². The summed E-state index contributed by atoms with van der Waals surface area (Å²) in [5.74, 6) is 0. The minimum atomic E-state index is 0.0302. The van der Waals surface area contributed by atoms with Gasteiger partial charge in [-0.15, -0.1) is 0 Å². The number of hydrogen-bond acceptors (Lipinski definition) is 2. The topological polar surface area (TPSA) is 30.7 Å². The maximum absolute atomic E-state index is 6.05. The Kier molecular flexibility index (Phi) is 3.56. The smallest absolute Gasteiger partial charge is 0.0954 e. The zero-order valence-corrected chi connectivity index (χ0v) is 13.1. The van der Waals surface area contributed by atoms with Gasteiger partial charge in [-0.1, -0.05) is 41.9 Å². The maximum Gasteiger partial charge on any atom is 0.0954 e. The molecule has 112 valence electrons. The Balaban J connectivity index is 1.96. The number of rotatable bonds is 3. The minimum absolute atomic E-state index is 0.0302. The van der Waals surface area contributed by atoms with Crippen molar-refractivity contribution in [3.63, 3.8) is 0 Å². The van der Waals surface area contributed by atoms with E-state index in [0.29, 0.717) is 0 Å². The van der Waals surface area contributed by atoms with Gasteiger partial charge in [-0.05, 0) is 35.4 Å². The highest BCUT2D eigenvalue weighted by Gasteiger charge is 2.18. The number of imidazole rings is 1. The fraction of sp³-hybridized carbons (Fsp3) is 0.0526. The summed E-state index contributed by atoms with van der Waals surface area (Å²) in [7, 11) is 0. The molecule has 23 heavy (non-hydrogen) atoms. The molecule has 0 saturated carbocycles. The minimum Gasteiger partial charge on any atom is -0.326 e. The summed E-state index contributed by atoms with van der Waals surface area (Å²) in [5.41, 5.74) is 3.34. The lowest BCUT2D eigenvalue weighted by molar-refractivity contribution is 0.681. The normalized spacial score (nSPS) is 12.4.